The standard InChI is InChI=1S/C10H16N2OS2/c1-4-7(2)11-9(13)6-15-10-12-8(3)5-14-10/h5,7H,4,6H2,1-3H3,(H,11,13)/t7-/m0/s1. The largest absolute Gasteiger partial charge is 0.353 e. The lowest BCUT2D eigenvalue weighted by molar-refractivity contribution is -0.119. The minimum Gasteiger partial charge on any atom is -0.353 e. The van der Waals surface area contributed by atoms with E-state index in [9.17, 15) is 4.79 Å². The third-order valence-electron chi connectivity index (χ3n) is 1.94. The van der Waals surface area contributed by atoms with Crippen LogP contribution in [0.15, 0.2) is 9.72 Å². The van der Waals surface area contributed by atoms with E-state index in [1.54, 1.807) is 11.3 Å². The van der Waals surface area contributed by atoms with E-state index in [4.69, 9.17) is 0 Å². The fourth-order valence-electron chi connectivity index (χ4n) is 0.945. The van der Waals surface area contributed by atoms with Crippen LogP contribution in [0.2, 0.25) is 0 Å². The summed E-state index contributed by atoms with van der Waals surface area (Å²) >= 11 is 3.09. The first-order valence-corrected chi connectivity index (χ1v) is 6.82. The first-order valence-electron chi connectivity index (χ1n) is 4.96. The van der Waals surface area contributed by atoms with Crippen LogP contribution in [0, 0.1) is 6.92 Å². The number of amides is 1. The average Bonchev–Trinajstić information content (AvgIpc) is 2.61. The van der Waals surface area contributed by atoms with Gasteiger partial charge in [0.2, 0.25) is 5.91 Å². The number of aromatic nitrogens is 1. The summed E-state index contributed by atoms with van der Waals surface area (Å²) in [5.41, 5.74) is 1.02. The van der Waals surface area contributed by atoms with Crippen LogP contribution >= 0.6 is 23.1 Å². The predicted molar refractivity (Wildman–Crippen MR) is 65.5 cm³/mol. The summed E-state index contributed by atoms with van der Waals surface area (Å²) in [6.45, 7) is 6.03. The van der Waals surface area contributed by atoms with Crippen molar-refractivity contribution in [1.82, 2.24) is 10.3 Å². The lowest BCUT2D eigenvalue weighted by Crippen LogP contribution is -2.33. The second-order valence-corrected chi connectivity index (χ2v) is 5.50. The molecule has 0 fully saturated rings. The zero-order valence-electron chi connectivity index (χ0n) is 9.24. The number of nitrogens with zero attached hydrogens (tertiary/aromatic N) is 1. The molecular formula is C10H16N2OS2. The highest BCUT2D eigenvalue weighted by Gasteiger charge is 2.07. The van der Waals surface area contributed by atoms with E-state index >= 15 is 0 Å². The Hall–Kier alpha value is -0.550. The van der Waals surface area contributed by atoms with E-state index in [1.807, 2.05) is 19.2 Å². The molecule has 1 heterocycles. The van der Waals surface area contributed by atoms with E-state index in [-0.39, 0.29) is 11.9 Å². The Morgan fingerprint density at radius 1 is 1.73 bits per heavy atom. The third-order valence-corrected chi connectivity index (χ3v) is 4.08. The van der Waals surface area contributed by atoms with Crippen molar-refractivity contribution in [1.29, 1.82) is 0 Å². The van der Waals surface area contributed by atoms with E-state index in [2.05, 4.69) is 17.2 Å². The molecule has 5 heteroatoms. The molecule has 0 aromatic carbocycles. The first kappa shape index (κ1) is 12.5. The summed E-state index contributed by atoms with van der Waals surface area (Å²) in [7, 11) is 0. The van der Waals surface area contributed by atoms with Crippen LogP contribution < -0.4 is 5.32 Å². The number of thioether (sulfide) groups is 1. The van der Waals surface area contributed by atoms with Gasteiger partial charge in [-0.1, -0.05) is 18.7 Å². The molecule has 0 saturated carbocycles. The summed E-state index contributed by atoms with van der Waals surface area (Å²) in [6, 6.07) is 0.260. The Bertz CT molecular complexity index is 325. The van der Waals surface area contributed by atoms with Gasteiger partial charge in [-0.2, -0.15) is 0 Å². The van der Waals surface area contributed by atoms with Crippen molar-refractivity contribution in [2.75, 3.05) is 5.75 Å². The SMILES string of the molecule is CC[C@H](C)NC(=O)CSc1nc(C)cs1. The molecule has 0 aliphatic rings. The number of nitrogens with one attached hydrogen (secondary N) is 1. The zero-order chi connectivity index (χ0) is 11.3. The van der Waals surface area contributed by atoms with Crippen LogP contribution in [-0.2, 0) is 4.79 Å². The molecule has 15 heavy (non-hydrogen) atoms. The van der Waals surface area contributed by atoms with Crippen LogP contribution in [-0.4, -0.2) is 22.7 Å². The molecule has 0 aliphatic heterocycles. The molecule has 0 aliphatic carbocycles. The summed E-state index contributed by atoms with van der Waals surface area (Å²) in [5.74, 6) is 0.541. The molecule has 0 spiro atoms. The molecule has 0 saturated heterocycles. The maximum atomic E-state index is 11.4. The van der Waals surface area contributed by atoms with Crippen molar-refractivity contribution in [3.63, 3.8) is 0 Å². The van der Waals surface area contributed by atoms with Crippen LogP contribution in [0.5, 0.6) is 0 Å². The molecule has 0 unspecified atom stereocenters. The van der Waals surface area contributed by atoms with Crippen LogP contribution in [0.3, 0.4) is 0 Å². The molecule has 1 amide bonds. The average molecular weight is 244 g/mol. The summed E-state index contributed by atoms with van der Waals surface area (Å²) in [4.78, 5) is 15.7. The zero-order valence-corrected chi connectivity index (χ0v) is 10.9. The van der Waals surface area contributed by atoms with E-state index in [1.165, 1.54) is 11.8 Å². The maximum Gasteiger partial charge on any atom is 0.230 e. The minimum atomic E-state index is 0.0854. The number of hydrogen-bond acceptors (Lipinski definition) is 4. The Morgan fingerprint density at radius 3 is 3.00 bits per heavy atom. The topological polar surface area (TPSA) is 42.0 Å². The highest BCUT2D eigenvalue weighted by Crippen LogP contribution is 2.21. The van der Waals surface area contributed by atoms with E-state index < -0.39 is 0 Å². The van der Waals surface area contributed by atoms with Gasteiger partial charge in [-0.15, -0.1) is 11.3 Å². The smallest absolute Gasteiger partial charge is 0.230 e. The van der Waals surface area contributed by atoms with Gasteiger partial charge in [0.15, 0.2) is 4.34 Å². The number of rotatable bonds is 5. The minimum absolute atomic E-state index is 0.0854. The number of thiazole rings is 1. The number of carbonyl (C=O) groups excluding carboxylic acids is 1. The van der Waals surface area contributed by atoms with Crippen molar-refractivity contribution in [2.24, 2.45) is 0 Å². The molecule has 3 nitrogen and oxygen atoms in total. The lowest BCUT2D eigenvalue weighted by Gasteiger charge is -2.10. The quantitative estimate of drug-likeness (QED) is 0.809. The third kappa shape index (κ3) is 4.66. The second kappa shape index (κ2) is 6.12. The molecule has 1 aromatic heterocycles. The highest BCUT2D eigenvalue weighted by atomic mass is 32.2. The number of aryl methyl sites for hydroxylation is 1. The summed E-state index contributed by atoms with van der Waals surface area (Å²) in [6.07, 6.45) is 0.965. The Labute approximate surface area is 98.7 Å². The second-order valence-electron chi connectivity index (χ2n) is 3.42. The van der Waals surface area contributed by atoms with Gasteiger partial charge >= 0.3 is 0 Å². The van der Waals surface area contributed by atoms with Gasteiger partial charge in [-0.3, -0.25) is 4.79 Å². The van der Waals surface area contributed by atoms with Gasteiger partial charge < -0.3 is 5.32 Å². The molecule has 1 rings (SSSR count). The first-order chi connectivity index (χ1) is 7.11. The molecule has 1 N–H and O–H groups in total. The molecular weight excluding hydrogens is 228 g/mol. The van der Waals surface area contributed by atoms with Crippen molar-refractivity contribution < 1.29 is 4.79 Å². The van der Waals surface area contributed by atoms with Gasteiger partial charge in [0.05, 0.1) is 5.75 Å². The summed E-state index contributed by atoms with van der Waals surface area (Å²) < 4.78 is 0.965. The predicted octanol–water partition coefficient (Wildman–Crippen LogP) is 2.46. The van der Waals surface area contributed by atoms with Crippen LogP contribution in [0.4, 0.5) is 0 Å². The molecule has 1 atom stereocenters. The number of hydrogen-bond donors (Lipinski definition) is 1. The maximum absolute atomic E-state index is 11.4. The van der Waals surface area contributed by atoms with E-state index in [0.717, 1.165) is 16.5 Å². The normalized spacial score (nSPS) is 12.5. The fraction of sp³-hybridized carbons (Fsp3) is 0.600. The Morgan fingerprint density at radius 2 is 2.47 bits per heavy atom. The Kier molecular flexibility index (Phi) is 5.11. The Balaban J connectivity index is 2.28. The summed E-state index contributed by atoms with van der Waals surface area (Å²) in [5, 5.41) is 4.92. The number of carbonyl (C=O) groups is 1. The van der Waals surface area contributed by atoms with Crippen LogP contribution in [0.25, 0.3) is 0 Å². The van der Waals surface area contributed by atoms with Crippen molar-refractivity contribution >= 4 is 29.0 Å². The van der Waals surface area contributed by atoms with Gasteiger partial charge in [0.25, 0.3) is 0 Å². The van der Waals surface area contributed by atoms with Crippen molar-refractivity contribution in [3.05, 3.63) is 11.1 Å². The fourth-order valence-corrected chi connectivity index (χ4v) is 2.61. The van der Waals surface area contributed by atoms with Gasteiger partial charge in [0, 0.05) is 17.1 Å². The van der Waals surface area contributed by atoms with Crippen molar-refractivity contribution in [3.8, 4) is 0 Å². The monoisotopic (exact) mass is 244 g/mol. The highest BCUT2D eigenvalue weighted by molar-refractivity contribution is 8.01. The van der Waals surface area contributed by atoms with Gasteiger partial charge in [-0.25, -0.2) is 4.98 Å². The van der Waals surface area contributed by atoms with E-state index in [0.29, 0.717) is 5.75 Å². The van der Waals surface area contributed by atoms with Gasteiger partial charge in [-0.05, 0) is 20.3 Å². The molecule has 0 bridgehead atoms. The lowest BCUT2D eigenvalue weighted by atomic mass is 10.3. The van der Waals surface area contributed by atoms with Crippen molar-refractivity contribution in [2.45, 2.75) is 37.6 Å². The molecule has 84 valence electrons. The molecule has 1 aromatic rings. The molecule has 0 radical (unpaired) electrons. The van der Waals surface area contributed by atoms with Gasteiger partial charge in [0.1, 0.15) is 0 Å². The van der Waals surface area contributed by atoms with Crippen LogP contribution in [0.1, 0.15) is 26.0 Å².